The van der Waals surface area contributed by atoms with Crippen LogP contribution >= 0.6 is 0 Å². The highest BCUT2D eigenvalue weighted by atomic mass is 16.5. The fourth-order valence-electron chi connectivity index (χ4n) is 1.30. The summed E-state index contributed by atoms with van der Waals surface area (Å²) in [7, 11) is 2.64. The van der Waals surface area contributed by atoms with Crippen molar-refractivity contribution in [1.29, 1.82) is 0 Å². The molecule has 1 aromatic rings. The Morgan fingerprint density at radius 3 is 2.55 bits per heavy atom. The Bertz CT molecular complexity index is 568. The first-order valence-electron chi connectivity index (χ1n) is 5.44. The minimum atomic E-state index is -1.40. The standard InChI is InChI=1S/C12H13N3O5/c1-13-10(16)11(17)15-14-6-7-3-4-9(20-2)8(5-7)12(18)19/h3-6H,1-2H3,(H,13,16)(H,15,17)(H,18,19)/p-1/b14-6-. The van der Waals surface area contributed by atoms with Gasteiger partial charge in [-0.1, -0.05) is 0 Å². The molecule has 0 atom stereocenters. The number of hydrogen-bond donors (Lipinski definition) is 2. The number of carbonyl (C=O) groups excluding carboxylic acids is 3. The van der Waals surface area contributed by atoms with Crippen LogP contribution in [0.4, 0.5) is 0 Å². The lowest BCUT2D eigenvalue weighted by Gasteiger charge is -2.09. The van der Waals surface area contributed by atoms with Gasteiger partial charge in [-0.3, -0.25) is 9.59 Å². The Hall–Kier alpha value is -2.90. The molecule has 0 aromatic heterocycles. The molecule has 0 bridgehead atoms. The normalized spacial score (nSPS) is 10.1. The molecule has 2 amide bonds. The molecule has 0 radical (unpaired) electrons. The molecule has 20 heavy (non-hydrogen) atoms. The summed E-state index contributed by atoms with van der Waals surface area (Å²) in [5, 5.41) is 16.5. The molecule has 0 spiro atoms. The number of methoxy groups -OCH3 is 1. The lowest BCUT2D eigenvalue weighted by molar-refractivity contribution is -0.255. The van der Waals surface area contributed by atoms with Crippen molar-refractivity contribution in [3.63, 3.8) is 0 Å². The van der Waals surface area contributed by atoms with E-state index in [4.69, 9.17) is 4.74 Å². The first-order valence-corrected chi connectivity index (χ1v) is 5.44. The Morgan fingerprint density at radius 2 is 2.00 bits per heavy atom. The number of nitrogens with zero attached hydrogens (tertiary/aromatic N) is 1. The second-order valence-electron chi connectivity index (χ2n) is 3.53. The monoisotopic (exact) mass is 278 g/mol. The molecular weight excluding hydrogens is 266 g/mol. The number of rotatable bonds is 4. The zero-order valence-electron chi connectivity index (χ0n) is 10.8. The Balaban J connectivity index is 2.83. The highest BCUT2D eigenvalue weighted by molar-refractivity contribution is 6.34. The number of carboxylic acids is 1. The van der Waals surface area contributed by atoms with Gasteiger partial charge in [-0.2, -0.15) is 5.10 Å². The molecule has 0 saturated carbocycles. The van der Waals surface area contributed by atoms with E-state index in [1.54, 1.807) is 0 Å². The molecule has 0 unspecified atom stereocenters. The number of aromatic carboxylic acids is 1. The largest absolute Gasteiger partial charge is 0.545 e. The lowest BCUT2D eigenvalue weighted by atomic mass is 10.1. The van der Waals surface area contributed by atoms with E-state index in [-0.39, 0.29) is 11.3 Å². The van der Waals surface area contributed by atoms with Crippen molar-refractivity contribution in [2.75, 3.05) is 14.2 Å². The van der Waals surface area contributed by atoms with Gasteiger partial charge >= 0.3 is 11.8 Å². The Morgan fingerprint density at radius 1 is 1.30 bits per heavy atom. The van der Waals surface area contributed by atoms with Gasteiger partial charge in [0.1, 0.15) is 5.75 Å². The van der Waals surface area contributed by atoms with Crippen LogP contribution in [0.25, 0.3) is 0 Å². The van der Waals surface area contributed by atoms with Crippen LogP contribution in [-0.2, 0) is 9.59 Å². The van der Waals surface area contributed by atoms with Crippen molar-refractivity contribution in [2.24, 2.45) is 5.10 Å². The number of amides is 2. The molecule has 0 aliphatic rings. The first kappa shape index (κ1) is 15.2. The first-order chi connectivity index (χ1) is 9.49. The molecule has 2 N–H and O–H groups in total. The van der Waals surface area contributed by atoms with Crippen LogP contribution in [0.15, 0.2) is 23.3 Å². The number of hydrazone groups is 1. The molecule has 0 fully saturated rings. The number of benzene rings is 1. The van der Waals surface area contributed by atoms with Crippen molar-refractivity contribution < 1.29 is 24.2 Å². The molecule has 8 heteroatoms. The summed E-state index contributed by atoms with van der Waals surface area (Å²) in [4.78, 5) is 32.8. The van der Waals surface area contributed by atoms with Crippen LogP contribution in [0.1, 0.15) is 15.9 Å². The number of nitrogens with one attached hydrogen (secondary N) is 2. The molecule has 8 nitrogen and oxygen atoms in total. The minimum absolute atomic E-state index is 0.144. The van der Waals surface area contributed by atoms with E-state index in [0.29, 0.717) is 5.56 Å². The molecule has 0 aliphatic heterocycles. The van der Waals surface area contributed by atoms with E-state index in [0.717, 1.165) is 0 Å². The van der Waals surface area contributed by atoms with Crippen molar-refractivity contribution in [2.45, 2.75) is 0 Å². The smallest absolute Gasteiger partial charge is 0.329 e. The molecule has 106 valence electrons. The maximum absolute atomic E-state index is 11.1. The van der Waals surface area contributed by atoms with E-state index < -0.39 is 17.8 Å². The van der Waals surface area contributed by atoms with Crippen molar-refractivity contribution in [1.82, 2.24) is 10.7 Å². The summed E-state index contributed by atoms with van der Waals surface area (Å²) in [6.07, 6.45) is 1.19. The third-order valence-corrected chi connectivity index (χ3v) is 2.26. The van der Waals surface area contributed by atoms with Crippen LogP contribution in [0.3, 0.4) is 0 Å². The summed E-state index contributed by atoms with van der Waals surface area (Å²) >= 11 is 0. The minimum Gasteiger partial charge on any atom is -0.545 e. The maximum Gasteiger partial charge on any atom is 0.329 e. The van der Waals surface area contributed by atoms with Crippen LogP contribution in [0, 0.1) is 0 Å². The topological polar surface area (TPSA) is 120 Å². The van der Waals surface area contributed by atoms with Gasteiger partial charge in [-0.25, -0.2) is 5.43 Å². The zero-order valence-corrected chi connectivity index (χ0v) is 10.8. The predicted octanol–water partition coefficient (Wildman–Crippen LogP) is -1.75. The van der Waals surface area contributed by atoms with Crippen LogP contribution in [0.5, 0.6) is 5.75 Å². The summed E-state index contributed by atoms with van der Waals surface area (Å²) in [6, 6.07) is 4.22. The second kappa shape index (κ2) is 6.88. The van der Waals surface area contributed by atoms with Crippen molar-refractivity contribution in [3.8, 4) is 5.75 Å². The maximum atomic E-state index is 11.1. The average Bonchev–Trinajstić information content (AvgIpc) is 2.45. The predicted molar refractivity (Wildman–Crippen MR) is 67.1 cm³/mol. The number of carbonyl (C=O) groups is 3. The van der Waals surface area contributed by atoms with E-state index in [9.17, 15) is 19.5 Å². The van der Waals surface area contributed by atoms with Crippen LogP contribution < -0.4 is 20.6 Å². The van der Waals surface area contributed by atoms with Gasteiger partial charge in [0.2, 0.25) is 0 Å². The van der Waals surface area contributed by atoms with Gasteiger partial charge < -0.3 is 20.0 Å². The van der Waals surface area contributed by atoms with Gasteiger partial charge in [-0.05, 0) is 23.8 Å². The fourth-order valence-corrected chi connectivity index (χ4v) is 1.30. The second-order valence-corrected chi connectivity index (χ2v) is 3.53. The molecule has 1 rings (SSSR count). The van der Waals surface area contributed by atoms with Crippen LogP contribution in [0.2, 0.25) is 0 Å². The molecule has 0 saturated heterocycles. The molecule has 0 heterocycles. The van der Waals surface area contributed by atoms with E-state index in [2.05, 4.69) is 10.4 Å². The van der Waals surface area contributed by atoms with Crippen molar-refractivity contribution in [3.05, 3.63) is 29.3 Å². The number of hydrogen-bond acceptors (Lipinski definition) is 6. The van der Waals surface area contributed by atoms with E-state index in [1.165, 1.54) is 38.6 Å². The van der Waals surface area contributed by atoms with Crippen molar-refractivity contribution >= 4 is 24.0 Å². The zero-order chi connectivity index (χ0) is 15.1. The molecule has 1 aromatic carbocycles. The van der Waals surface area contributed by atoms with Crippen LogP contribution in [-0.4, -0.2) is 38.2 Å². The summed E-state index contributed by atoms with van der Waals surface area (Å²) < 4.78 is 4.86. The van der Waals surface area contributed by atoms with Gasteiger partial charge in [-0.15, -0.1) is 0 Å². The molecular formula is C12H12N3O5-. The third kappa shape index (κ3) is 3.80. The Kier molecular flexibility index (Phi) is 5.21. The van der Waals surface area contributed by atoms with Gasteiger partial charge in [0.25, 0.3) is 0 Å². The number of likely N-dealkylation sites (N-methyl/N-ethyl adjacent to an activating group) is 1. The molecule has 0 aliphatic carbocycles. The Labute approximate surface area is 114 Å². The third-order valence-electron chi connectivity index (χ3n) is 2.26. The van der Waals surface area contributed by atoms with Gasteiger partial charge in [0.05, 0.1) is 19.3 Å². The summed E-state index contributed by atoms with van der Waals surface area (Å²) in [6.45, 7) is 0. The highest BCUT2D eigenvalue weighted by Gasteiger charge is 2.09. The number of ether oxygens (including phenoxy) is 1. The van der Waals surface area contributed by atoms with E-state index in [1.807, 2.05) is 5.43 Å². The summed E-state index contributed by atoms with van der Waals surface area (Å²) in [5.41, 5.74) is 2.23. The van der Waals surface area contributed by atoms with E-state index >= 15 is 0 Å². The lowest BCUT2D eigenvalue weighted by Crippen LogP contribution is -2.35. The van der Waals surface area contributed by atoms with Gasteiger partial charge in [0, 0.05) is 12.6 Å². The highest BCUT2D eigenvalue weighted by Crippen LogP contribution is 2.18. The SMILES string of the molecule is CNC(=O)C(=O)N/N=C\c1ccc(OC)c(C(=O)[O-])c1. The van der Waals surface area contributed by atoms with Gasteiger partial charge in [0.15, 0.2) is 0 Å². The summed E-state index contributed by atoms with van der Waals surface area (Å²) in [5.74, 6) is -3.02. The average molecular weight is 278 g/mol. The number of carboxylic acid groups (broad SMARTS) is 1. The fraction of sp³-hybridized carbons (Fsp3) is 0.167. The quantitative estimate of drug-likeness (QED) is 0.384.